The van der Waals surface area contributed by atoms with E-state index in [0.29, 0.717) is 27.7 Å². The molecular formula is C15H11Cl2N5O2. The molecule has 0 aliphatic heterocycles. The molecule has 0 saturated heterocycles. The van der Waals surface area contributed by atoms with E-state index in [1.807, 2.05) is 0 Å². The number of hydrogen-bond acceptors (Lipinski definition) is 5. The minimum absolute atomic E-state index is 0.256. The molecule has 1 amide bonds. The number of amides is 1. The van der Waals surface area contributed by atoms with Gasteiger partial charge in [0.15, 0.2) is 0 Å². The first-order valence-corrected chi connectivity index (χ1v) is 7.52. The van der Waals surface area contributed by atoms with Gasteiger partial charge in [-0.15, -0.1) is 5.10 Å². The number of aromatic nitrogens is 4. The Balaban J connectivity index is 1.97. The number of carbonyl (C=O) groups is 1. The molecule has 1 aromatic heterocycles. The molecule has 3 rings (SSSR count). The van der Waals surface area contributed by atoms with Gasteiger partial charge < -0.3 is 10.1 Å². The molecule has 0 fully saturated rings. The number of carbonyl (C=O) groups excluding carboxylic acids is 1. The van der Waals surface area contributed by atoms with Gasteiger partial charge in [0.2, 0.25) is 0 Å². The molecule has 0 radical (unpaired) electrons. The van der Waals surface area contributed by atoms with Gasteiger partial charge in [0, 0.05) is 11.1 Å². The van der Waals surface area contributed by atoms with E-state index in [2.05, 4.69) is 20.8 Å². The van der Waals surface area contributed by atoms with Gasteiger partial charge in [0.1, 0.15) is 12.1 Å². The van der Waals surface area contributed by atoms with E-state index in [1.165, 1.54) is 24.2 Å². The molecule has 0 atom stereocenters. The third kappa shape index (κ3) is 3.32. The first kappa shape index (κ1) is 16.2. The topological polar surface area (TPSA) is 81.9 Å². The minimum atomic E-state index is -0.390. The molecule has 0 spiro atoms. The maximum Gasteiger partial charge on any atom is 0.257 e. The Bertz CT molecular complexity index is 884. The Labute approximate surface area is 147 Å². The van der Waals surface area contributed by atoms with Crippen molar-refractivity contribution < 1.29 is 9.53 Å². The molecule has 0 bridgehead atoms. The van der Waals surface area contributed by atoms with Crippen LogP contribution in [-0.4, -0.2) is 33.2 Å². The predicted octanol–water partition coefficient (Wildman–Crippen LogP) is 3.23. The van der Waals surface area contributed by atoms with Crippen molar-refractivity contribution in [2.75, 3.05) is 12.4 Å². The van der Waals surface area contributed by atoms with Gasteiger partial charge in [0.25, 0.3) is 5.91 Å². The molecule has 1 N–H and O–H groups in total. The van der Waals surface area contributed by atoms with Crippen LogP contribution in [0.5, 0.6) is 5.75 Å². The smallest absolute Gasteiger partial charge is 0.257 e. The van der Waals surface area contributed by atoms with E-state index in [1.54, 1.807) is 30.3 Å². The molecule has 1 heterocycles. The van der Waals surface area contributed by atoms with Gasteiger partial charge in [-0.2, -0.15) is 4.68 Å². The molecule has 3 aromatic rings. The Morgan fingerprint density at radius 2 is 2.04 bits per heavy atom. The van der Waals surface area contributed by atoms with Crippen LogP contribution in [-0.2, 0) is 0 Å². The summed E-state index contributed by atoms with van der Waals surface area (Å²) in [5, 5.41) is 14.5. The monoisotopic (exact) mass is 363 g/mol. The number of anilines is 1. The van der Waals surface area contributed by atoms with Gasteiger partial charge in [-0.1, -0.05) is 23.2 Å². The molecule has 7 nitrogen and oxygen atoms in total. The molecule has 122 valence electrons. The summed E-state index contributed by atoms with van der Waals surface area (Å²) in [5.74, 6) is 0.184. The summed E-state index contributed by atoms with van der Waals surface area (Å²) in [5.41, 5.74) is 1.35. The molecular weight excluding hydrogens is 353 g/mol. The number of halogens is 2. The number of hydrogen-bond donors (Lipinski definition) is 1. The van der Waals surface area contributed by atoms with Gasteiger partial charge in [-0.05, 0) is 40.8 Å². The lowest BCUT2D eigenvalue weighted by Gasteiger charge is -2.12. The van der Waals surface area contributed by atoms with E-state index in [-0.39, 0.29) is 10.9 Å². The van der Waals surface area contributed by atoms with Crippen LogP contribution in [0.15, 0.2) is 42.7 Å². The predicted molar refractivity (Wildman–Crippen MR) is 90.1 cm³/mol. The lowest BCUT2D eigenvalue weighted by atomic mass is 10.2. The molecule has 0 unspecified atom stereocenters. The Morgan fingerprint density at radius 1 is 1.21 bits per heavy atom. The second kappa shape index (κ2) is 6.86. The highest BCUT2D eigenvalue weighted by atomic mass is 35.5. The van der Waals surface area contributed by atoms with E-state index in [0.717, 1.165) is 0 Å². The molecule has 0 aliphatic carbocycles. The fourth-order valence-corrected chi connectivity index (χ4v) is 2.57. The average molecular weight is 364 g/mol. The van der Waals surface area contributed by atoms with Crippen LogP contribution in [0, 0.1) is 0 Å². The van der Waals surface area contributed by atoms with E-state index in [4.69, 9.17) is 27.9 Å². The molecule has 0 saturated carbocycles. The highest BCUT2D eigenvalue weighted by Crippen LogP contribution is 2.27. The van der Waals surface area contributed by atoms with Gasteiger partial charge in [0.05, 0.1) is 29.1 Å². The van der Waals surface area contributed by atoms with Crippen molar-refractivity contribution in [3.63, 3.8) is 0 Å². The summed E-state index contributed by atoms with van der Waals surface area (Å²) >= 11 is 11.9. The standard InChI is InChI=1S/C15H11Cl2N5O2/c1-24-10-3-5-14(22-8-18-20-21-22)13(7-10)19-15(23)11-4-2-9(16)6-12(11)17/h2-8H,1H3,(H,19,23). The second-order valence-electron chi connectivity index (χ2n) is 4.72. The van der Waals surface area contributed by atoms with E-state index >= 15 is 0 Å². The average Bonchev–Trinajstić information content (AvgIpc) is 3.08. The Hall–Kier alpha value is -2.64. The lowest BCUT2D eigenvalue weighted by molar-refractivity contribution is 0.102. The first-order chi connectivity index (χ1) is 11.6. The van der Waals surface area contributed by atoms with Crippen LogP contribution in [0.25, 0.3) is 5.69 Å². The van der Waals surface area contributed by atoms with Crippen LogP contribution in [0.4, 0.5) is 5.69 Å². The summed E-state index contributed by atoms with van der Waals surface area (Å²) in [7, 11) is 1.54. The maximum absolute atomic E-state index is 12.5. The molecule has 9 heteroatoms. The third-order valence-corrected chi connectivity index (χ3v) is 3.77. The van der Waals surface area contributed by atoms with Crippen molar-refractivity contribution in [1.82, 2.24) is 20.2 Å². The Kier molecular flexibility index (Phi) is 4.64. The van der Waals surface area contributed by atoms with E-state index in [9.17, 15) is 4.79 Å². The number of benzene rings is 2. The third-order valence-electron chi connectivity index (χ3n) is 3.22. The number of nitrogens with zero attached hydrogens (tertiary/aromatic N) is 4. The van der Waals surface area contributed by atoms with Crippen molar-refractivity contribution in [2.24, 2.45) is 0 Å². The van der Waals surface area contributed by atoms with Crippen LogP contribution in [0.2, 0.25) is 10.0 Å². The number of rotatable bonds is 4. The van der Waals surface area contributed by atoms with Crippen molar-refractivity contribution in [1.29, 1.82) is 0 Å². The number of ether oxygens (including phenoxy) is 1. The van der Waals surface area contributed by atoms with Crippen molar-refractivity contribution >= 4 is 34.8 Å². The fraction of sp³-hybridized carbons (Fsp3) is 0.0667. The van der Waals surface area contributed by atoms with Crippen molar-refractivity contribution in [3.8, 4) is 11.4 Å². The minimum Gasteiger partial charge on any atom is -0.497 e. The number of tetrazole rings is 1. The lowest BCUT2D eigenvalue weighted by Crippen LogP contribution is -2.14. The van der Waals surface area contributed by atoms with Crippen LogP contribution < -0.4 is 10.1 Å². The van der Waals surface area contributed by atoms with Gasteiger partial charge in [-0.3, -0.25) is 4.79 Å². The fourth-order valence-electron chi connectivity index (χ4n) is 2.08. The molecule has 2 aromatic carbocycles. The van der Waals surface area contributed by atoms with Gasteiger partial charge in [-0.25, -0.2) is 0 Å². The summed E-state index contributed by atoms with van der Waals surface area (Å²) in [6, 6.07) is 9.79. The number of methoxy groups -OCH3 is 1. The molecule has 0 aliphatic rings. The van der Waals surface area contributed by atoms with Gasteiger partial charge >= 0.3 is 0 Å². The normalized spacial score (nSPS) is 10.5. The highest BCUT2D eigenvalue weighted by Gasteiger charge is 2.15. The second-order valence-corrected chi connectivity index (χ2v) is 5.56. The zero-order valence-electron chi connectivity index (χ0n) is 12.4. The largest absolute Gasteiger partial charge is 0.497 e. The van der Waals surface area contributed by atoms with Crippen molar-refractivity contribution in [3.05, 3.63) is 58.3 Å². The Morgan fingerprint density at radius 3 is 2.71 bits per heavy atom. The zero-order valence-corrected chi connectivity index (χ0v) is 13.9. The van der Waals surface area contributed by atoms with E-state index < -0.39 is 0 Å². The highest BCUT2D eigenvalue weighted by molar-refractivity contribution is 6.37. The molecule has 24 heavy (non-hydrogen) atoms. The zero-order chi connectivity index (χ0) is 17.1. The van der Waals surface area contributed by atoms with Crippen LogP contribution >= 0.6 is 23.2 Å². The van der Waals surface area contributed by atoms with Crippen LogP contribution in [0.1, 0.15) is 10.4 Å². The van der Waals surface area contributed by atoms with Crippen molar-refractivity contribution in [2.45, 2.75) is 0 Å². The summed E-state index contributed by atoms with van der Waals surface area (Å²) < 4.78 is 6.63. The first-order valence-electron chi connectivity index (χ1n) is 6.76. The summed E-state index contributed by atoms with van der Waals surface area (Å²) in [6.07, 6.45) is 1.42. The maximum atomic E-state index is 12.5. The quantitative estimate of drug-likeness (QED) is 0.769. The number of nitrogens with one attached hydrogen (secondary N) is 1. The SMILES string of the molecule is COc1ccc(-n2cnnn2)c(NC(=O)c2ccc(Cl)cc2Cl)c1. The summed E-state index contributed by atoms with van der Waals surface area (Å²) in [4.78, 5) is 12.5. The summed E-state index contributed by atoms with van der Waals surface area (Å²) in [6.45, 7) is 0. The van der Waals surface area contributed by atoms with Crippen LogP contribution in [0.3, 0.4) is 0 Å².